The van der Waals surface area contributed by atoms with E-state index in [0.717, 1.165) is 42.3 Å². The number of hydrogen-bond donors (Lipinski definition) is 1. The van der Waals surface area contributed by atoms with Gasteiger partial charge < -0.3 is 14.8 Å². The molecule has 1 unspecified atom stereocenters. The van der Waals surface area contributed by atoms with Crippen LogP contribution in [0.1, 0.15) is 50.0 Å². The van der Waals surface area contributed by atoms with E-state index in [0.29, 0.717) is 13.2 Å². The fraction of sp³-hybridized carbons (Fsp3) is 0.750. The average Bonchev–Trinajstić information content (AvgIpc) is 2.45. The van der Waals surface area contributed by atoms with Crippen molar-refractivity contribution in [2.24, 2.45) is 0 Å². The number of rotatable bonds is 9. The maximum Gasteiger partial charge on any atom is 0.160 e. The molecule has 0 amide bonds. The Morgan fingerprint density at radius 3 is 2.24 bits per heavy atom. The highest BCUT2D eigenvalue weighted by Crippen LogP contribution is 2.27. The van der Waals surface area contributed by atoms with Gasteiger partial charge in [-0.3, -0.25) is 0 Å². The van der Waals surface area contributed by atoms with Crippen molar-refractivity contribution >= 4 is 0 Å². The van der Waals surface area contributed by atoms with Gasteiger partial charge in [-0.25, -0.2) is 9.97 Å². The first-order valence-corrected chi connectivity index (χ1v) is 7.66. The summed E-state index contributed by atoms with van der Waals surface area (Å²) in [5, 5.41) is 3.35. The Labute approximate surface area is 128 Å². The minimum Gasteiger partial charge on any atom is -0.383 e. The second-order valence-corrected chi connectivity index (χ2v) is 5.38. The predicted molar refractivity (Wildman–Crippen MR) is 84.4 cm³/mol. The number of nitrogens with zero attached hydrogens (tertiary/aromatic N) is 2. The van der Waals surface area contributed by atoms with Crippen LogP contribution >= 0.6 is 0 Å². The van der Waals surface area contributed by atoms with Crippen LogP contribution in [0.5, 0.6) is 0 Å². The minimum absolute atomic E-state index is 0.410. The third-order valence-electron chi connectivity index (χ3n) is 3.82. The molecule has 1 heterocycles. The zero-order valence-corrected chi connectivity index (χ0v) is 14.2. The molecule has 21 heavy (non-hydrogen) atoms. The quantitative estimate of drug-likeness (QED) is 0.709. The number of methoxy groups -OCH3 is 1. The first-order valence-electron chi connectivity index (χ1n) is 7.66. The molecule has 0 spiro atoms. The van der Waals surface area contributed by atoms with E-state index in [4.69, 9.17) is 9.47 Å². The number of aryl methyl sites for hydroxylation is 2. The second-order valence-electron chi connectivity index (χ2n) is 5.38. The van der Waals surface area contributed by atoms with E-state index in [2.05, 4.69) is 29.1 Å². The van der Waals surface area contributed by atoms with E-state index in [-0.39, 0.29) is 0 Å². The molecule has 0 saturated heterocycles. The lowest BCUT2D eigenvalue weighted by Gasteiger charge is -2.27. The van der Waals surface area contributed by atoms with Crippen molar-refractivity contribution in [1.29, 1.82) is 0 Å². The molecule has 0 saturated carbocycles. The summed E-state index contributed by atoms with van der Waals surface area (Å²) in [4.78, 5) is 9.37. The number of ether oxygens (including phenoxy) is 2. The largest absolute Gasteiger partial charge is 0.383 e. The van der Waals surface area contributed by atoms with Crippen LogP contribution in [0, 0.1) is 13.8 Å². The van der Waals surface area contributed by atoms with E-state index in [1.54, 1.807) is 7.11 Å². The molecule has 0 bridgehead atoms. The molecular weight excluding hydrogens is 266 g/mol. The van der Waals surface area contributed by atoms with Gasteiger partial charge in [-0.15, -0.1) is 0 Å². The summed E-state index contributed by atoms with van der Waals surface area (Å²) in [6.45, 7) is 13.2. The fourth-order valence-electron chi connectivity index (χ4n) is 2.26. The van der Waals surface area contributed by atoms with Crippen LogP contribution in [0.4, 0.5) is 0 Å². The summed E-state index contributed by atoms with van der Waals surface area (Å²) in [7, 11) is 1.70. The smallest absolute Gasteiger partial charge is 0.160 e. The van der Waals surface area contributed by atoms with E-state index in [1.807, 2.05) is 20.8 Å². The molecule has 1 N–H and O–H groups in total. The van der Waals surface area contributed by atoms with Gasteiger partial charge in [-0.2, -0.15) is 0 Å². The van der Waals surface area contributed by atoms with Gasteiger partial charge in [0.2, 0.25) is 0 Å². The van der Waals surface area contributed by atoms with E-state index >= 15 is 0 Å². The molecule has 1 aromatic heterocycles. The maximum atomic E-state index is 5.87. The second kappa shape index (κ2) is 8.41. The molecule has 5 heteroatoms. The van der Waals surface area contributed by atoms with E-state index < -0.39 is 5.60 Å². The summed E-state index contributed by atoms with van der Waals surface area (Å²) in [5.41, 5.74) is 2.78. The number of hydrogen-bond acceptors (Lipinski definition) is 5. The van der Waals surface area contributed by atoms with Gasteiger partial charge in [0.1, 0.15) is 5.60 Å². The zero-order chi connectivity index (χ0) is 15.9. The van der Waals surface area contributed by atoms with Gasteiger partial charge >= 0.3 is 0 Å². The first kappa shape index (κ1) is 18.0. The molecule has 0 radical (unpaired) electrons. The Morgan fingerprint density at radius 1 is 1.14 bits per heavy atom. The monoisotopic (exact) mass is 295 g/mol. The SMILES string of the molecule is CCOC(C)(CC)c1nc(C)c(CNCCOC)c(C)n1. The van der Waals surface area contributed by atoms with Crippen LogP contribution in [0.2, 0.25) is 0 Å². The van der Waals surface area contributed by atoms with Gasteiger partial charge in [-0.1, -0.05) is 6.92 Å². The van der Waals surface area contributed by atoms with Crippen LogP contribution in [0.15, 0.2) is 0 Å². The summed E-state index contributed by atoms with van der Waals surface area (Å²) in [6.07, 6.45) is 0.852. The average molecular weight is 295 g/mol. The standard InChI is InChI=1S/C16H29N3O2/c1-7-16(5,21-8-2)15-18-12(3)14(13(4)19-15)11-17-9-10-20-6/h17H,7-11H2,1-6H3. The van der Waals surface area contributed by atoms with Gasteiger partial charge in [-0.05, 0) is 34.1 Å². The van der Waals surface area contributed by atoms with Crippen molar-refractivity contribution in [2.45, 2.75) is 53.2 Å². The minimum atomic E-state index is -0.410. The lowest BCUT2D eigenvalue weighted by atomic mass is 10.0. The van der Waals surface area contributed by atoms with Gasteiger partial charge in [0, 0.05) is 43.8 Å². The lowest BCUT2D eigenvalue weighted by Crippen LogP contribution is -2.29. The molecule has 1 rings (SSSR count). The lowest BCUT2D eigenvalue weighted by molar-refractivity contribution is -0.0393. The van der Waals surface area contributed by atoms with Crippen LogP contribution in [-0.2, 0) is 21.6 Å². The Morgan fingerprint density at radius 2 is 1.76 bits per heavy atom. The number of aromatic nitrogens is 2. The molecule has 5 nitrogen and oxygen atoms in total. The Balaban J connectivity index is 2.93. The summed E-state index contributed by atoms with van der Waals surface area (Å²) in [6, 6.07) is 0. The molecule has 0 aliphatic rings. The first-order chi connectivity index (χ1) is 9.98. The summed E-state index contributed by atoms with van der Waals surface area (Å²) >= 11 is 0. The van der Waals surface area contributed by atoms with Crippen molar-refractivity contribution in [2.75, 3.05) is 26.9 Å². The van der Waals surface area contributed by atoms with Gasteiger partial charge in [0.25, 0.3) is 0 Å². The third-order valence-corrected chi connectivity index (χ3v) is 3.82. The van der Waals surface area contributed by atoms with Gasteiger partial charge in [0.05, 0.1) is 6.61 Å². The molecule has 0 fully saturated rings. The normalized spacial score (nSPS) is 14.2. The van der Waals surface area contributed by atoms with Crippen molar-refractivity contribution < 1.29 is 9.47 Å². The van der Waals surface area contributed by atoms with Gasteiger partial charge in [0.15, 0.2) is 5.82 Å². The molecule has 120 valence electrons. The zero-order valence-electron chi connectivity index (χ0n) is 14.2. The fourth-order valence-corrected chi connectivity index (χ4v) is 2.26. The van der Waals surface area contributed by atoms with Crippen LogP contribution in [0.25, 0.3) is 0 Å². The van der Waals surface area contributed by atoms with E-state index in [1.165, 1.54) is 0 Å². The molecule has 0 aliphatic carbocycles. The Kier molecular flexibility index (Phi) is 7.22. The topological polar surface area (TPSA) is 56.3 Å². The highest BCUT2D eigenvalue weighted by atomic mass is 16.5. The van der Waals surface area contributed by atoms with E-state index in [9.17, 15) is 0 Å². The van der Waals surface area contributed by atoms with Crippen molar-refractivity contribution in [3.63, 3.8) is 0 Å². The molecule has 0 aromatic carbocycles. The molecule has 0 aliphatic heterocycles. The summed E-state index contributed by atoms with van der Waals surface area (Å²) in [5.74, 6) is 0.780. The molecule has 1 atom stereocenters. The van der Waals surface area contributed by atoms with Crippen molar-refractivity contribution in [1.82, 2.24) is 15.3 Å². The highest BCUT2D eigenvalue weighted by molar-refractivity contribution is 5.25. The predicted octanol–water partition coefficient (Wildman–Crippen LogP) is 2.49. The highest BCUT2D eigenvalue weighted by Gasteiger charge is 2.29. The van der Waals surface area contributed by atoms with Crippen molar-refractivity contribution in [3.05, 3.63) is 22.8 Å². The Hall–Kier alpha value is -1.04. The van der Waals surface area contributed by atoms with Crippen molar-refractivity contribution in [3.8, 4) is 0 Å². The third kappa shape index (κ3) is 4.73. The summed E-state index contributed by atoms with van der Waals surface area (Å²) < 4.78 is 10.9. The maximum absolute atomic E-state index is 5.87. The molecular formula is C16H29N3O2. The van der Waals surface area contributed by atoms with Crippen LogP contribution in [-0.4, -0.2) is 36.8 Å². The van der Waals surface area contributed by atoms with Crippen LogP contribution in [0.3, 0.4) is 0 Å². The Bertz CT molecular complexity index is 428. The van der Waals surface area contributed by atoms with Crippen LogP contribution < -0.4 is 5.32 Å². The molecule has 1 aromatic rings. The number of nitrogens with one attached hydrogen (secondary N) is 1.